The smallest absolute Gasteiger partial charge is 0.0991 e. The van der Waals surface area contributed by atoms with Crippen molar-refractivity contribution < 1.29 is 0 Å². The first-order valence-corrected chi connectivity index (χ1v) is 4.91. The average molecular weight is 209 g/mol. The number of nitrogens with zero attached hydrogens (tertiary/aromatic N) is 1. The van der Waals surface area contributed by atoms with Crippen LogP contribution in [0.1, 0.15) is 5.56 Å². The van der Waals surface area contributed by atoms with Crippen LogP contribution in [0.3, 0.4) is 0 Å². The molecular formula is C13H11N3. The fraction of sp³-hybridized carbons (Fsp3) is 0. The SMILES string of the molecule is N#Cc1ccc(Nc2ccc(N)cc2)cc1. The molecule has 78 valence electrons. The van der Waals surface area contributed by atoms with Crippen molar-refractivity contribution in [1.29, 1.82) is 5.26 Å². The topological polar surface area (TPSA) is 61.8 Å². The van der Waals surface area contributed by atoms with Crippen LogP contribution in [0, 0.1) is 11.3 Å². The number of nitrogen functional groups attached to an aromatic ring is 1. The zero-order chi connectivity index (χ0) is 11.4. The Morgan fingerprint density at radius 2 is 1.38 bits per heavy atom. The molecule has 0 spiro atoms. The van der Waals surface area contributed by atoms with Crippen LogP contribution < -0.4 is 11.1 Å². The van der Waals surface area contributed by atoms with Crippen LogP contribution in [0.4, 0.5) is 17.1 Å². The summed E-state index contributed by atoms with van der Waals surface area (Å²) < 4.78 is 0. The van der Waals surface area contributed by atoms with E-state index in [9.17, 15) is 0 Å². The van der Waals surface area contributed by atoms with Gasteiger partial charge in [-0.05, 0) is 48.5 Å². The van der Waals surface area contributed by atoms with E-state index >= 15 is 0 Å². The van der Waals surface area contributed by atoms with Crippen LogP contribution in [0.15, 0.2) is 48.5 Å². The van der Waals surface area contributed by atoms with Crippen molar-refractivity contribution in [2.45, 2.75) is 0 Å². The molecule has 3 N–H and O–H groups in total. The molecule has 2 rings (SSSR count). The lowest BCUT2D eigenvalue weighted by molar-refractivity contribution is 1.47. The Hall–Kier alpha value is -2.47. The number of nitrogens with one attached hydrogen (secondary N) is 1. The number of nitriles is 1. The number of hydrogen-bond acceptors (Lipinski definition) is 3. The molecule has 0 saturated carbocycles. The van der Waals surface area contributed by atoms with Gasteiger partial charge in [-0.3, -0.25) is 0 Å². The molecule has 3 heteroatoms. The van der Waals surface area contributed by atoms with Gasteiger partial charge in [0.15, 0.2) is 0 Å². The van der Waals surface area contributed by atoms with E-state index in [1.807, 2.05) is 36.4 Å². The van der Waals surface area contributed by atoms with Gasteiger partial charge in [-0.2, -0.15) is 5.26 Å². The quantitative estimate of drug-likeness (QED) is 0.747. The second-order valence-electron chi connectivity index (χ2n) is 3.44. The Bertz CT molecular complexity index is 506. The van der Waals surface area contributed by atoms with E-state index in [1.165, 1.54) is 0 Å². The summed E-state index contributed by atoms with van der Waals surface area (Å²) in [5.74, 6) is 0. The summed E-state index contributed by atoms with van der Waals surface area (Å²) in [5, 5.41) is 11.9. The predicted molar refractivity (Wildman–Crippen MR) is 65.3 cm³/mol. The highest BCUT2D eigenvalue weighted by atomic mass is 14.9. The van der Waals surface area contributed by atoms with Crippen LogP contribution in [-0.4, -0.2) is 0 Å². The van der Waals surface area contributed by atoms with E-state index in [4.69, 9.17) is 11.0 Å². The normalized spacial score (nSPS) is 9.44. The lowest BCUT2D eigenvalue weighted by Crippen LogP contribution is -1.91. The molecule has 0 aliphatic heterocycles. The van der Waals surface area contributed by atoms with Crippen molar-refractivity contribution in [1.82, 2.24) is 0 Å². The van der Waals surface area contributed by atoms with Gasteiger partial charge in [0.1, 0.15) is 0 Å². The molecule has 0 aliphatic carbocycles. The van der Waals surface area contributed by atoms with Crippen LogP contribution in [0.25, 0.3) is 0 Å². The molecule has 0 saturated heterocycles. The van der Waals surface area contributed by atoms with E-state index in [0.717, 1.165) is 17.1 Å². The van der Waals surface area contributed by atoms with Crippen molar-refractivity contribution in [3.63, 3.8) is 0 Å². The molecule has 0 radical (unpaired) electrons. The first-order valence-electron chi connectivity index (χ1n) is 4.91. The van der Waals surface area contributed by atoms with Crippen LogP contribution in [0.5, 0.6) is 0 Å². The second-order valence-corrected chi connectivity index (χ2v) is 3.44. The maximum absolute atomic E-state index is 8.66. The molecule has 16 heavy (non-hydrogen) atoms. The summed E-state index contributed by atoms with van der Waals surface area (Å²) in [6, 6.07) is 16.9. The molecule has 0 bridgehead atoms. The first-order chi connectivity index (χ1) is 7.78. The van der Waals surface area contributed by atoms with Crippen molar-refractivity contribution in [3.05, 3.63) is 54.1 Å². The van der Waals surface area contributed by atoms with E-state index in [2.05, 4.69) is 11.4 Å². The molecule has 0 heterocycles. The molecule has 3 nitrogen and oxygen atoms in total. The summed E-state index contributed by atoms with van der Waals surface area (Å²) >= 11 is 0. The number of hydrogen-bond donors (Lipinski definition) is 2. The highest BCUT2D eigenvalue weighted by Gasteiger charge is 1.95. The Morgan fingerprint density at radius 1 is 0.875 bits per heavy atom. The fourth-order valence-corrected chi connectivity index (χ4v) is 1.36. The molecular weight excluding hydrogens is 198 g/mol. The molecule has 0 amide bonds. The van der Waals surface area contributed by atoms with Crippen molar-refractivity contribution in [3.8, 4) is 6.07 Å². The molecule has 0 atom stereocenters. The summed E-state index contributed by atoms with van der Waals surface area (Å²) in [5.41, 5.74) is 8.91. The van der Waals surface area contributed by atoms with Gasteiger partial charge >= 0.3 is 0 Å². The first kappa shape index (κ1) is 10.1. The maximum Gasteiger partial charge on any atom is 0.0991 e. The third kappa shape index (κ3) is 2.31. The maximum atomic E-state index is 8.66. The van der Waals surface area contributed by atoms with Gasteiger partial charge in [0, 0.05) is 17.1 Å². The van der Waals surface area contributed by atoms with Gasteiger partial charge in [-0.15, -0.1) is 0 Å². The minimum absolute atomic E-state index is 0.655. The fourth-order valence-electron chi connectivity index (χ4n) is 1.36. The zero-order valence-electron chi connectivity index (χ0n) is 8.64. The number of benzene rings is 2. The van der Waals surface area contributed by atoms with Gasteiger partial charge < -0.3 is 11.1 Å². The van der Waals surface area contributed by atoms with E-state index < -0.39 is 0 Å². The number of anilines is 3. The van der Waals surface area contributed by atoms with Gasteiger partial charge in [0.05, 0.1) is 11.6 Å². The number of nitrogens with two attached hydrogens (primary N) is 1. The Kier molecular flexibility index (Phi) is 2.75. The highest BCUT2D eigenvalue weighted by Crippen LogP contribution is 2.17. The monoisotopic (exact) mass is 209 g/mol. The summed E-state index contributed by atoms with van der Waals surface area (Å²) in [4.78, 5) is 0. The van der Waals surface area contributed by atoms with Gasteiger partial charge in [-0.1, -0.05) is 0 Å². The largest absolute Gasteiger partial charge is 0.399 e. The average Bonchev–Trinajstić information content (AvgIpc) is 2.33. The standard InChI is InChI=1S/C13H11N3/c14-9-10-1-5-12(6-2-10)16-13-7-3-11(15)4-8-13/h1-8,16H,15H2. The Labute approximate surface area is 94.1 Å². The third-order valence-corrected chi connectivity index (χ3v) is 2.21. The summed E-state index contributed by atoms with van der Waals surface area (Å²) in [7, 11) is 0. The van der Waals surface area contributed by atoms with Crippen molar-refractivity contribution in [2.24, 2.45) is 0 Å². The van der Waals surface area contributed by atoms with E-state index in [1.54, 1.807) is 12.1 Å². The Morgan fingerprint density at radius 3 is 1.88 bits per heavy atom. The van der Waals surface area contributed by atoms with Crippen molar-refractivity contribution in [2.75, 3.05) is 11.1 Å². The lowest BCUT2D eigenvalue weighted by atomic mass is 10.2. The van der Waals surface area contributed by atoms with Gasteiger partial charge in [0.25, 0.3) is 0 Å². The predicted octanol–water partition coefficient (Wildman–Crippen LogP) is 2.88. The van der Waals surface area contributed by atoms with Gasteiger partial charge in [-0.25, -0.2) is 0 Å². The van der Waals surface area contributed by atoms with Crippen LogP contribution >= 0.6 is 0 Å². The second kappa shape index (κ2) is 4.37. The minimum Gasteiger partial charge on any atom is -0.399 e. The molecule has 0 fully saturated rings. The third-order valence-electron chi connectivity index (χ3n) is 2.21. The van der Waals surface area contributed by atoms with Gasteiger partial charge in [0.2, 0.25) is 0 Å². The molecule has 0 unspecified atom stereocenters. The van der Waals surface area contributed by atoms with Crippen molar-refractivity contribution >= 4 is 17.1 Å². The zero-order valence-corrected chi connectivity index (χ0v) is 8.64. The van der Waals surface area contributed by atoms with Crippen LogP contribution in [0.2, 0.25) is 0 Å². The molecule has 2 aromatic rings. The van der Waals surface area contributed by atoms with E-state index in [-0.39, 0.29) is 0 Å². The summed E-state index contributed by atoms with van der Waals surface area (Å²) in [6.45, 7) is 0. The minimum atomic E-state index is 0.655. The lowest BCUT2D eigenvalue weighted by Gasteiger charge is -2.06. The number of rotatable bonds is 2. The molecule has 0 aliphatic rings. The van der Waals surface area contributed by atoms with Crippen LogP contribution in [-0.2, 0) is 0 Å². The summed E-state index contributed by atoms with van der Waals surface area (Å²) in [6.07, 6.45) is 0. The Balaban J connectivity index is 2.15. The molecule has 0 aromatic heterocycles. The highest BCUT2D eigenvalue weighted by molar-refractivity contribution is 5.62. The molecule has 2 aromatic carbocycles. The van der Waals surface area contributed by atoms with E-state index in [0.29, 0.717) is 5.56 Å².